The molecule has 16 heavy (non-hydrogen) atoms. The van der Waals surface area contributed by atoms with E-state index in [1.807, 2.05) is 7.05 Å². The number of hydrogen-bond acceptors (Lipinski definition) is 3. The number of carbonyl (C=O) groups excluding carboxylic acids is 1. The molecule has 1 saturated heterocycles. The van der Waals surface area contributed by atoms with Crippen LogP contribution < -0.4 is 0 Å². The summed E-state index contributed by atoms with van der Waals surface area (Å²) in [6.45, 7) is 3.88. The number of nitrogens with zero attached hydrogens (tertiary/aromatic N) is 2. The SMILES string of the molecule is CC(=O)N(C)C1CCCN(CCC(=O)O)C1. The Morgan fingerprint density at radius 1 is 1.50 bits per heavy atom. The summed E-state index contributed by atoms with van der Waals surface area (Å²) in [5.41, 5.74) is 0. The Balaban J connectivity index is 2.40. The van der Waals surface area contributed by atoms with Gasteiger partial charge in [-0.15, -0.1) is 0 Å². The number of carboxylic acids is 1. The lowest BCUT2D eigenvalue weighted by molar-refractivity contribution is -0.138. The van der Waals surface area contributed by atoms with E-state index in [1.54, 1.807) is 11.8 Å². The van der Waals surface area contributed by atoms with Crippen molar-refractivity contribution in [3.05, 3.63) is 0 Å². The predicted molar refractivity (Wildman–Crippen MR) is 60.2 cm³/mol. The quantitative estimate of drug-likeness (QED) is 0.757. The van der Waals surface area contributed by atoms with Crippen molar-refractivity contribution in [2.24, 2.45) is 0 Å². The molecule has 1 rings (SSSR count). The van der Waals surface area contributed by atoms with E-state index >= 15 is 0 Å². The zero-order valence-electron chi connectivity index (χ0n) is 9.98. The Kier molecular flexibility index (Phi) is 4.73. The standard InChI is InChI=1S/C11H20N2O3/c1-9(14)12(2)10-4-3-6-13(8-10)7-5-11(15)16/h10H,3-8H2,1-2H3,(H,15,16). The molecule has 1 unspecified atom stereocenters. The molecule has 5 heteroatoms. The number of piperidine rings is 1. The van der Waals surface area contributed by atoms with E-state index in [0.717, 1.165) is 25.9 Å². The van der Waals surface area contributed by atoms with Gasteiger partial charge in [-0.05, 0) is 19.4 Å². The second-order valence-electron chi connectivity index (χ2n) is 4.37. The second kappa shape index (κ2) is 5.84. The molecule has 1 aliphatic heterocycles. The zero-order valence-corrected chi connectivity index (χ0v) is 9.98. The summed E-state index contributed by atoms with van der Waals surface area (Å²) >= 11 is 0. The fraction of sp³-hybridized carbons (Fsp3) is 0.818. The molecule has 0 saturated carbocycles. The van der Waals surface area contributed by atoms with Gasteiger partial charge in [-0.3, -0.25) is 9.59 Å². The number of carboxylic acid groups (broad SMARTS) is 1. The maximum absolute atomic E-state index is 11.2. The van der Waals surface area contributed by atoms with E-state index in [9.17, 15) is 9.59 Å². The van der Waals surface area contributed by atoms with Gasteiger partial charge in [-0.2, -0.15) is 0 Å². The van der Waals surface area contributed by atoms with E-state index in [2.05, 4.69) is 4.90 Å². The lowest BCUT2D eigenvalue weighted by Crippen LogP contribution is -2.48. The van der Waals surface area contributed by atoms with Crippen molar-refractivity contribution >= 4 is 11.9 Å². The summed E-state index contributed by atoms with van der Waals surface area (Å²) in [7, 11) is 1.81. The second-order valence-corrected chi connectivity index (χ2v) is 4.37. The van der Waals surface area contributed by atoms with E-state index in [1.165, 1.54) is 0 Å². The van der Waals surface area contributed by atoms with Crippen LogP contribution in [0.4, 0.5) is 0 Å². The van der Waals surface area contributed by atoms with Crippen molar-refractivity contribution in [1.29, 1.82) is 0 Å². The highest BCUT2D eigenvalue weighted by Gasteiger charge is 2.24. The number of aliphatic carboxylic acids is 1. The van der Waals surface area contributed by atoms with Gasteiger partial charge in [0.05, 0.1) is 6.42 Å². The van der Waals surface area contributed by atoms with Crippen LogP contribution in [-0.4, -0.2) is 59.5 Å². The number of carbonyl (C=O) groups is 2. The molecule has 1 atom stereocenters. The predicted octanol–water partition coefficient (Wildman–Crippen LogP) is 0.404. The van der Waals surface area contributed by atoms with E-state index in [0.29, 0.717) is 6.54 Å². The zero-order chi connectivity index (χ0) is 12.1. The van der Waals surface area contributed by atoms with Crippen LogP contribution in [0.5, 0.6) is 0 Å². The summed E-state index contributed by atoms with van der Waals surface area (Å²) in [6, 6.07) is 0.236. The van der Waals surface area contributed by atoms with Crippen LogP contribution in [-0.2, 0) is 9.59 Å². The maximum atomic E-state index is 11.2. The van der Waals surface area contributed by atoms with Crippen LogP contribution >= 0.6 is 0 Å². The molecule has 0 aliphatic carbocycles. The molecule has 1 amide bonds. The van der Waals surface area contributed by atoms with Gasteiger partial charge in [-0.1, -0.05) is 0 Å². The van der Waals surface area contributed by atoms with Gasteiger partial charge in [0.25, 0.3) is 0 Å². The summed E-state index contributed by atoms with van der Waals surface area (Å²) in [4.78, 5) is 25.6. The molecule has 1 heterocycles. The molecule has 1 N–H and O–H groups in total. The van der Waals surface area contributed by atoms with E-state index < -0.39 is 5.97 Å². The molecule has 0 spiro atoms. The maximum Gasteiger partial charge on any atom is 0.304 e. The first kappa shape index (κ1) is 13.0. The minimum atomic E-state index is -0.762. The molecule has 0 bridgehead atoms. The Hall–Kier alpha value is -1.10. The Labute approximate surface area is 96.0 Å². The van der Waals surface area contributed by atoms with Gasteiger partial charge in [0.2, 0.25) is 5.91 Å². The minimum absolute atomic E-state index is 0.0742. The van der Waals surface area contributed by atoms with Crippen LogP contribution in [0.2, 0.25) is 0 Å². The number of hydrogen-bond donors (Lipinski definition) is 1. The minimum Gasteiger partial charge on any atom is -0.481 e. The average molecular weight is 228 g/mol. The molecule has 92 valence electrons. The Morgan fingerprint density at radius 2 is 2.19 bits per heavy atom. The molecule has 0 radical (unpaired) electrons. The van der Waals surface area contributed by atoms with Crippen molar-refractivity contribution in [1.82, 2.24) is 9.80 Å². The highest BCUT2D eigenvalue weighted by molar-refractivity contribution is 5.73. The molecule has 1 fully saturated rings. The lowest BCUT2D eigenvalue weighted by atomic mass is 10.0. The monoisotopic (exact) mass is 228 g/mol. The van der Waals surface area contributed by atoms with Crippen molar-refractivity contribution in [3.8, 4) is 0 Å². The van der Waals surface area contributed by atoms with Gasteiger partial charge >= 0.3 is 5.97 Å². The Morgan fingerprint density at radius 3 is 2.75 bits per heavy atom. The molecule has 0 aromatic heterocycles. The average Bonchev–Trinajstić information content (AvgIpc) is 2.25. The molecular weight excluding hydrogens is 208 g/mol. The normalized spacial score (nSPS) is 21.8. The number of likely N-dealkylation sites (N-methyl/N-ethyl adjacent to an activating group) is 1. The summed E-state index contributed by atoms with van der Waals surface area (Å²) in [5.74, 6) is -0.688. The third-order valence-electron chi connectivity index (χ3n) is 3.17. The molecule has 0 aromatic rings. The first-order chi connectivity index (χ1) is 7.50. The first-order valence-corrected chi connectivity index (χ1v) is 5.68. The lowest BCUT2D eigenvalue weighted by Gasteiger charge is -2.37. The largest absolute Gasteiger partial charge is 0.481 e. The number of amides is 1. The van der Waals surface area contributed by atoms with Crippen LogP contribution in [0.1, 0.15) is 26.2 Å². The van der Waals surface area contributed by atoms with Crippen LogP contribution in [0.25, 0.3) is 0 Å². The topological polar surface area (TPSA) is 60.9 Å². The van der Waals surface area contributed by atoms with Crippen LogP contribution in [0.15, 0.2) is 0 Å². The van der Waals surface area contributed by atoms with Gasteiger partial charge < -0.3 is 14.9 Å². The van der Waals surface area contributed by atoms with E-state index in [-0.39, 0.29) is 18.4 Å². The number of rotatable bonds is 4. The fourth-order valence-corrected chi connectivity index (χ4v) is 2.06. The Bertz CT molecular complexity index is 268. The third-order valence-corrected chi connectivity index (χ3v) is 3.17. The van der Waals surface area contributed by atoms with Gasteiger partial charge in [-0.25, -0.2) is 0 Å². The van der Waals surface area contributed by atoms with Gasteiger partial charge in [0.15, 0.2) is 0 Å². The molecular formula is C11H20N2O3. The fourth-order valence-electron chi connectivity index (χ4n) is 2.06. The molecule has 0 aromatic carbocycles. The summed E-state index contributed by atoms with van der Waals surface area (Å²) in [6.07, 6.45) is 2.22. The van der Waals surface area contributed by atoms with E-state index in [4.69, 9.17) is 5.11 Å². The smallest absolute Gasteiger partial charge is 0.304 e. The van der Waals surface area contributed by atoms with Crippen LogP contribution in [0.3, 0.4) is 0 Å². The molecule has 5 nitrogen and oxygen atoms in total. The van der Waals surface area contributed by atoms with Gasteiger partial charge in [0.1, 0.15) is 0 Å². The van der Waals surface area contributed by atoms with Crippen LogP contribution in [0, 0.1) is 0 Å². The van der Waals surface area contributed by atoms with Crippen molar-refractivity contribution < 1.29 is 14.7 Å². The summed E-state index contributed by atoms with van der Waals surface area (Å²) in [5, 5.41) is 8.62. The summed E-state index contributed by atoms with van der Waals surface area (Å²) < 4.78 is 0. The first-order valence-electron chi connectivity index (χ1n) is 5.68. The van der Waals surface area contributed by atoms with Crippen molar-refractivity contribution in [2.45, 2.75) is 32.2 Å². The van der Waals surface area contributed by atoms with Crippen molar-refractivity contribution in [3.63, 3.8) is 0 Å². The highest BCUT2D eigenvalue weighted by Crippen LogP contribution is 2.15. The highest BCUT2D eigenvalue weighted by atomic mass is 16.4. The third kappa shape index (κ3) is 3.81. The molecule has 1 aliphatic rings. The van der Waals surface area contributed by atoms with Crippen molar-refractivity contribution in [2.75, 3.05) is 26.7 Å². The van der Waals surface area contributed by atoms with Gasteiger partial charge in [0, 0.05) is 33.1 Å². The number of likely N-dealkylation sites (tertiary alicyclic amines) is 1.